The number of fused-ring (bicyclic) bond motifs is 1. The number of carboxylic acid groups (broad SMARTS) is 1. The minimum atomic E-state index is -1.10. The summed E-state index contributed by atoms with van der Waals surface area (Å²) in [6.45, 7) is 1.59. The van der Waals surface area contributed by atoms with Crippen molar-refractivity contribution in [3.05, 3.63) is 89.6 Å². The van der Waals surface area contributed by atoms with Crippen molar-refractivity contribution in [2.45, 2.75) is 20.0 Å². The molecule has 0 aliphatic heterocycles. The van der Waals surface area contributed by atoms with Crippen LogP contribution in [0, 0.1) is 6.92 Å². The van der Waals surface area contributed by atoms with Gasteiger partial charge in [0.2, 0.25) is 0 Å². The summed E-state index contributed by atoms with van der Waals surface area (Å²) < 4.78 is 12.6. The van der Waals surface area contributed by atoms with Gasteiger partial charge < -0.3 is 19.1 Å². The van der Waals surface area contributed by atoms with E-state index in [1.807, 2.05) is 37.3 Å². The first kappa shape index (κ1) is 26.3. The number of carbonyl (C=O) groups is 3. The molecule has 0 atom stereocenters. The lowest BCUT2D eigenvalue weighted by Gasteiger charge is -2.30. The second kappa shape index (κ2) is 11.1. The van der Waals surface area contributed by atoms with Gasteiger partial charge in [-0.05, 0) is 42.3 Å². The van der Waals surface area contributed by atoms with E-state index in [-0.39, 0.29) is 12.2 Å². The zero-order valence-corrected chi connectivity index (χ0v) is 21.7. The molecule has 9 nitrogen and oxygen atoms in total. The molecule has 196 valence electrons. The maximum Gasteiger partial charge on any atom is 0.331 e. The number of aromatic nitrogens is 1. The number of benzene rings is 3. The first-order valence-electron chi connectivity index (χ1n) is 11.9. The van der Waals surface area contributed by atoms with E-state index in [9.17, 15) is 19.5 Å². The van der Waals surface area contributed by atoms with Crippen LogP contribution < -0.4 is 14.4 Å². The molecule has 9 heteroatoms. The van der Waals surface area contributed by atoms with E-state index in [1.165, 1.54) is 30.7 Å². The highest BCUT2D eigenvalue weighted by molar-refractivity contribution is 6.10. The number of imide groups is 1. The summed E-state index contributed by atoms with van der Waals surface area (Å²) in [5.74, 6) is -0.927. The first-order valence-corrected chi connectivity index (χ1v) is 11.9. The number of hydrogen-bond donors (Lipinski definition) is 1. The standard InChI is InChI=1S/C29H29N3O6/c1-19-14-24(37-3)27(25(15-19)38-4)32(17-20-10-6-5-7-11-20)29(36)30(2)28(35)23-16-21-12-8-9-13-22(21)31(23)18-26(33)34/h5-16H,17-18H2,1-4H3,(H,33,34). The Labute approximate surface area is 220 Å². The minimum absolute atomic E-state index is 0.0898. The predicted octanol–water partition coefficient (Wildman–Crippen LogP) is 4.95. The molecular formula is C29H29N3O6. The number of methoxy groups -OCH3 is 2. The van der Waals surface area contributed by atoms with E-state index < -0.39 is 24.5 Å². The van der Waals surface area contributed by atoms with Crippen molar-refractivity contribution in [1.29, 1.82) is 0 Å². The van der Waals surface area contributed by atoms with E-state index in [0.717, 1.165) is 16.0 Å². The lowest BCUT2D eigenvalue weighted by atomic mass is 10.1. The fourth-order valence-corrected chi connectivity index (χ4v) is 4.43. The van der Waals surface area contributed by atoms with Gasteiger partial charge in [-0.3, -0.25) is 19.4 Å². The number of anilines is 1. The number of urea groups is 1. The Bertz CT molecular complexity index is 1470. The highest BCUT2D eigenvalue weighted by Gasteiger charge is 2.31. The lowest BCUT2D eigenvalue weighted by molar-refractivity contribution is -0.137. The van der Waals surface area contributed by atoms with Gasteiger partial charge >= 0.3 is 12.0 Å². The molecule has 3 amide bonds. The maximum atomic E-state index is 14.0. The molecule has 0 unspecified atom stereocenters. The molecule has 38 heavy (non-hydrogen) atoms. The van der Waals surface area contributed by atoms with Crippen LogP contribution in [0.3, 0.4) is 0 Å². The summed E-state index contributed by atoms with van der Waals surface area (Å²) in [6, 6.07) is 21.0. The Morgan fingerprint density at radius 1 is 0.895 bits per heavy atom. The largest absolute Gasteiger partial charge is 0.494 e. The summed E-state index contributed by atoms with van der Waals surface area (Å²) >= 11 is 0. The van der Waals surface area contributed by atoms with Crippen molar-refractivity contribution in [3.8, 4) is 11.5 Å². The number of aliphatic carboxylic acids is 1. The molecule has 0 aliphatic carbocycles. The zero-order chi connectivity index (χ0) is 27.4. The first-order chi connectivity index (χ1) is 18.2. The number of hydrogen-bond acceptors (Lipinski definition) is 5. The molecule has 1 aromatic heterocycles. The summed E-state index contributed by atoms with van der Waals surface area (Å²) in [6.07, 6.45) is 0. The molecular weight excluding hydrogens is 486 g/mol. The third kappa shape index (κ3) is 5.17. The van der Waals surface area contributed by atoms with Crippen LogP contribution in [0.1, 0.15) is 21.6 Å². The summed E-state index contributed by atoms with van der Waals surface area (Å²) in [4.78, 5) is 41.7. The van der Waals surface area contributed by atoms with Crippen LogP contribution in [0.15, 0.2) is 72.8 Å². The van der Waals surface area contributed by atoms with E-state index in [1.54, 1.807) is 42.5 Å². The second-order valence-corrected chi connectivity index (χ2v) is 8.80. The highest BCUT2D eigenvalue weighted by atomic mass is 16.5. The van der Waals surface area contributed by atoms with Crippen molar-refractivity contribution in [2.24, 2.45) is 0 Å². The third-order valence-electron chi connectivity index (χ3n) is 6.22. The summed E-state index contributed by atoms with van der Waals surface area (Å²) in [7, 11) is 4.38. The molecule has 0 fully saturated rings. The van der Waals surface area contributed by atoms with Gasteiger partial charge in [0.1, 0.15) is 29.4 Å². The second-order valence-electron chi connectivity index (χ2n) is 8.80. The molecule has 4 rings (SSSR count). The Morgan fingerprint density at radius 3 is 2.11 bits per heavy atom. The zero-order valence-electron chi connectivity index (χ0n) is 21.7. The number of para-hydroxylation sites is 1. The Balaban J connectivity index is 1.80. The van der Waals surface area contributed by atoms with E-state index in [0.29, 0.717) is 28.1 Å². The SMILES string of the molecule is COc1cc(C)cc(OC)c1N(Cc1ccccc1)C(=O)N(C)C(=O)c1cc2ccccc2n1CC(=O)O. The van der Waals surface area contributed by atoms with Gasteiger partial charge in [0.15, 0.2) is 0 Å². The average molecular weight is 516 g/mol. The third-order valence-corrected chi connectivity index (χ3v) is 6.22. The van der Waals surface area contributed by atoms with Crippen LogP contribution in [-0.4, -0.2) is 53.7 Å². The van der Waals surface area contributed by atoms with Gasteiger partial charge in [0, 0.05) is 18.0 Å². The van der Waals surface area contributed by atoms with Gasteiger partial charge in [-0.2, -0.15) is 0 Å². The van der Waals surface area contributed by atoms with Gasteiger partial charge in [-0.1, -0.05) is 48.5 Å². The Hall–Kier alpha value is -4.79. The lowest BCUT2D eigenvalue weighted by Crippen LogP contribution is -2.45. The topological polar surface area (TPSA) is 101 Å². The van der Waals surface area contributed by atoms with Gasteiger partial charge in [0.05, 0.1) is 20.8 Å². The van der Waals surface area contributed by atoms with Crippen molar-refractivity contribution in [3.63, 3.8) is 0 Å². The monoisotopic (exact) mass is 515 g/mol. The maximum absolute atomic E-state index is 14.0. The van der Waals surface area contributed by atoms with Crippen LogP contribution in [0.25, 0.3) is 10.9 Å². The van der Waals surface area contributed by atoms with Crippen LogP contribution >= 0.6 is 0 Å². The van der Waals surface area contributed by atoms with Crippen LogP contribution in [0.4, 0.5) is 10.5 Å². The van der Waals surface area contributed by atoms with E-state index >= 15 is 0 Å². The molecule has 0 radical (unpaired) electrons. The minimum Gasteiger partial charge on any atom is -0.494 e. The Kier molecular flexibility index (Phi) is 7.66. The van der Waals surface area contributed by atoms with Gasteiger partial charge in [0.25, 0.3) is 5.91 Å². The molecule has 4 aromatic rings. The van der Waals surface area contributed by atoms with Crippen LogP contribution in [0.5, 0.6) is 11.5 Å². The van der Waals surface area contributed by atoms with E-state index in [4.69, 9.17) is 9.47 Å². The molecule has 1 heterocycles. The smallest absolute Gasteiger partial charge is 0.331 e. The number of rotatable bonds is 8. The molecule has 3 aromatic carbocycles. The predicted molar refractivity (Wildman–Crippen MR) is 144 cm³/mol. The van der Waals surface area contributed by atoms with E-state index in [2.05, 4.69) is 0 Å². The van der Waals surface area contributed by atoms with Gasteiger partial charge in [-0.15, -0.1) is 0 Å². The normalized spacial score (nSPS) is 10.7. The number of carboxylic acids is 1. The average Bonchev–Trinajstić information content (AvgIpc) is 3.28. The summed E-state index contributed by atoms with van der Waals surface area (Å²) in [5, 5.41) is 10.2. The van der Waals surface area contributed by atoms with Crippen molar-refractivity contribution >= 4 is 34.5 Å². The van der Waals surface area contributed by atoms with Crippen molar-refractivity contribution in [1.82, 2.24) is 9.47 Å². The molecule has 0 aliphatic rings. The quantitative estimate of drug-likeness (QED) is 0.356. The number of ether oxygens (including phenoxy) is 2. The molecule has 0 saturated heterocycles. The highest BCUT2D eigenvalue weighted by Crippen LogP contribution is 2.40. The number of carbonyl (C=O) groups excluding carboxylic acids is 2. The summed E-state index contributed by atoms with van der Waals surface area (Å²) in [5.41, 5.74) is 2.75. The van der Waals surface area contributed by atoms with Crippen molar-refractivity contribution < 1.29 is 29.0 Å². The van der Waals surface area contributed by atoms with Crippen LogP contribution in [0.2, 0.25) is 0 Å². The van der Waals surface area contributed by atoms with Gasteiger partial charge in [-0.25, -0.2) is 4.79 Å². The Morgan fingerprint density at radius 2 is 1.50 bits per heavy atom. The van der Waals surface area contributed by atoms with Crippen molar-refractivity contribution in [2.75, 3.05) is 26.2 Å². The molecule has 1 N–H and O–H groups in total. The number of aryl methyl sites for hydroxylation is 1. The van der Waals surface area contributed by atoms with Crippen LogP contribution in [-0.2, 0) is 17.9 Å². The molecule has 0 spiro atoms. The number of nitrogens with zero attached hydrogens (tertiary/aromatic N) is 3. The fourth-order valence-electron chi connectivity index (χ4n) is 4.43. The molecule has 0 bridgehead atoms. The molecule has 0 saturated carbocycles. The number of amides is 3. The fraction of sp³-hybridized carbons (Fsp3) is 0.207.